The number of aryl methyl sites for hydroxylation is 2. The van der Waals surface area contributed by atoms with Gasteiger partial charge in [-0.1, -0.05) is 12.1 Å². The van der Waals surface area contributed by atoms with Gasteiger partial charge >= 0.3 is 50.5 Å². The number of aromatic nitrogens is 6. The van der Waals surface area contributed by atoms with Gasteiger partial charge in [0.2, 0.25) is 11.8 Å². The van der Waals surface area contributed by atoms with Crippen molar-refractivity contribution >= 4 is 151 Å². The van der Waals surface area contributed by atoms with E-state index in [-0.39, 0.29) is 53.7 Å². The van der Waals surface area contributed by atoms with Crippen LogP contribution in [0.25, 0.3) is 52.1 Å². The Morgan fingerprint density at radius 3 is 1.42 bits per heavy atom. The van der Waals surface area contributed by atoms with Crippen LogP contribution in [0.5, 0.6) is 11.5 Å². The predicted molar refractivity (Wildman–Crippen MR) is 311 cm³/mol. The van der Waals surface area contributed by atoms with Crippen LogP contribution in [0, 0.1) is 13.8 Å². The van der Waals surface area contributed by atoms with Gasteiger partial charge < -0.3 is 46.5 Å². The number of hydrogen-bond acceptors (Lipinski definition) is 16. The maximum Gasteiger partial charge on any atom is -0.412 e. The van der Waals surface area contributed by atoms with Crippen molar-refractivity contribution in [1.29, 1.82) is 0 Å². The number of benzene rings is 2. The first-order valence-electron chi connectivity index (χ1n) is 21.7. The Kier molecular flexibility index (Phi) is 22.4. The van der Waals surface area contributed by atoms with Crippen LogP contribution < -0.4 is 44.8 Å². The quantitative estimate of drug-likeness (QED) is 0.126. The van der Waals surface area contributed by atoms with Gasteiger partial charge in [-0.25, -0.2) is 19.0 Å². The average molecular weight is 1500 g/mol. The molecule has 8 N–H and O–H groups in total. The van der Waals surface area contributed by atoms with Gasteiger partial charge in [-0.15, -0.1) is 59.1 Å². The monoisotopic (exact) mass is 1490 g/mol. The maximum atomic E-state index is 12.0. The summed E-state index contributed by atoms with van der Waals surface area (Å²) in [4.78, 5) is 38.8. The Morgan fingerprint density at radius 1 is 0.681 bits per heavy atom. The number of amides is 2. The van der Waals surface area contributed by atoms with Gasteiger partial charge in [0.1, 0.15) is 35.2 Å². The Hall–Kier alpha value is -3.25. The first-order chi connectivity index (χ1) is 33.4. The molecule has 0 aliphatic carbocycles. The fourth-order valence-corrected chi connectivity index (χ4v) is 11.5. The third kappa shape index (κ3) is 12.7. The topological polar surface area (TPSA) is 246 Å². The molecule has 8 heterocycles. The van der Waals surface area contributed by atoms with E-state index in [1.54, 1.807) is 51.1 Å². The second-order valence-corrected chi connectivity index (χ2v) is 34.8. The summed E-state index contributed by atoms with van der Waals surface area (Å²) in [6, 6.07) is 12.7. The molecule has 0 unspecified atom stereocenters. The molecule has 0 atom stereocenters. The van der Waals surface area contributed by atoms with Crippen molar-refractivity contribution in [2.24, 2.45) is 0 Å². The summed E-state index contributed by atoms with van der Waals surface area (Å²) in [7, 11) is 6.74. The Balaban J connectivity index is 0.000000244. The summed E-state index contributed by atoms with van der Waals surface area (Å²) in [6.07, 6.45) is 2.93. The summed E-state index contributed by atoms with van der Waals surface area (Å²) in [6.45, 7) is 9.46. The molecule has 2 saturated heterocycles. The van der Waals surface area contributed by atoms with E-state index < -0.39 is 0 Å². The number of hydrogen-bond donors (Lipinski definition) is 4. The molecule has 2 fully saturated rings. The summed E-state index contributed by atoms with van der Waals surface area (Å²) >= 11 is 8.60. The molecule has 26 heteroatoms. The Morgan fingerprint density at radius 2 is 1.07 bits per heavy atom. The number of fused-ring (bicyclic) bond motifs is 4. The minimum absolute atomic E-state index is 0. The van der Waals surface area contributed by atoms with Crippen LogP contribution in [-0.4, -0.2) is 124 Å². The van der Waals surface area contributed by atoms with Crippen LogP contribution >= 0.6 is 96.3 Å². The van der Waals surface area contributed by atoms with E-state index in [1.165, 1.54) is 12.7 Å². The van der Waals surface area contributed by atoms with Crippen molar-refractivity contribution in [3.05, 3.63) is 82.7 Å². The number of nitrogen functional groups attached to an aromatic ring is 2. The van der Waals surface area contributed by atoms with Gasteiger partial charge in [-0.3, -0.25) is 19.4 Å². The number of halogens is 5. The molecule has 8 aromatic rings. The molecular weight excluding hydrogens is 1440 g/mol. The number of anilines is 2. The van der Waals surface area contributed by atoms with Gasteiger partial charge in [0.25, 0.3) is 0 Å². The number of nitrogens with zero attached hydrogens (tertiary/aromatic N) is 8. The minimum Gasteiger partial charge on any atom is -0.412 e. The number of piperazine rings is 2. The molecule has 6 aromatic heterocycles. The number of methoxy groups -OCH3 is 4. The van der Waals surface area contributed by atoms with Crippen LogP contribution in [0.3, 0.4) is 0 Å². The van der Waals surface area contributed by atoms with Gasteiger partial charge in [0.05, 0.1) is 61.3 Å². The van der Waals surface area contributed by atoms with Crippen LogP contribution in [0.15, 0.2) is 49.1 Å². The predicted octanol–water partition coefficient (Wildman–Crippen LogP) is 4.17. The SMILES string of the molecule is COCc1c(-c2cc3cc(C)cc(OC)c3s2)c2c(N)ncnn2c1CN1CCNC(=O)C1.COCc1c(-c2cc3cc(C)cc(OC)c3s2)c2c(N)ncnn2c1CN1CCNC(=O)C1.Cl.I.I[I-]I.O. The second kappa shape index (κ2) is 27.0. The fourth-order valence-electron chi connectivity index (χ4n) is 9.05. The number of carbonyl (C=O) groups is 2. The minimum atomic E-state index is 0. The molecule has 2 aliphatic rings. The van der Waals surface area contributed by atoms with Crippen molar-refractivity contribution in [2.45, 2.75) is 40.2 Å². The molecule has 390 valence electrons. The first-order valence-corrected chi connectivity index (χ1v) is 35.9. The molecular formula is C46H56ClI4N12O7S2-. The van der Waals surface area contributed by atoms with E-state index in [4.69, 9.17) is 30.4 Å². The van der Waals surface area contributed by atoms with Crippen molar-refractivity contribution in [3.63, 3.8) is 0 Å². The van der Waals surface area contributed by atoms with Crippen molar-refractivity contribution in [1.82, 2.24) is 49.6 Å². The molecule has 2 aliphatic heterocycles. The summed E-state index contributed by atoms with van der Waals surface area (Å²) in [5.74, 6) is 2.55. The third-order valence-corrected chi connectivity index (χ3v) is 14.2. The Labute approximate surface area is 477 Å². The number of carbonyl (C=O) groups excluding carboxylic acids is 2. The van der Waals surface area contributed by atoms with E-state index in [0.717, 1.165) is 110 Å². The molecule has 19 nitrogen and oxygen atoms in total. The molecule has 2 aromatic carbocycles. The van der Waals surface area contributed by atoms with E-state index in [0.29, 0.717) is 77.4 Å². The van der Waals surface area contributed by atoms with Crippen LogP contribution in [0.4, 0.5) is 11.6 Å². The van der Waals surface area contributed by atoms with E-state index in [2.05, 4.69) is 116 Å². The van der Waals surface area contributed by atoms with Gasteiger partial charge in [-0.2, -0.15) is 10.2 Å². The number of nitrogens with two attached hydrogens (primary N) is 2. The maximum absolute atomic E-state index is 12.0. The number of nitrogens with one attached hydrogen (secondary N) is 2. The fraction of sp³-hybridized carbons (Fsp3) is 0.348. The molecule has 0 spiro atoms. The average Bonchev–Trinajstić information content (AvgIpc) is 4.09. The summed E-state index contributed by atoms with van der Waals surface area (Å²) in [5, 5.41) is 17.1. The number of ether oxygens (including phenoxy) is 4. The van der Waals surface area contributed by atoms with Crippen molar-refractivity contribution in [2.75, 3.05) is 79.2 Å². The van der Waals surface area contributed by atoms with Crippen LogP contribution in [-0.2, 0) is 45.4 Å². The number of thiophene rings is 2. The van der Waals surface area contributed by atoms with Crippen molar-refractivity contribution in [3.8, 4) is 32.4 Å². The first kappa shape index (κ1) is 59.6. The van der Waals surface area contributed by atoms with Crippen LogP contribution in [0.2, 0.25) is 0 Å². The number of rotatable bonds is 12. The molecule has 2 amide bonds. The zero-order valence-electron chi connectivity index (χ0n) is 40.1. The molecule has 0 radical (unpaired) electrons. The second-order valence-electron chi connectivity index (χ2n) is 16.4. The summed E-state index contributed by atoms with van der Waals surface area (Å²) < 4.78 is 28.4. The summed E-state index contributed by atoms with van der Waals surface area (Å²) in [5.41, 5.74) is 22.4. The van der Waals surface area contributed by atoms with E-state index in [9.17, 15) is 9.59 Å². The largest absolute Gasteiger partial charge is 0.412 e. The third-order valence-electron chi connectivity index (χ3n) is 11.9. The Bertz CT molecular complexity index is 2980. The molecule has 0 bridgehead atoms. The zero-order valence-corrected chi connectivity index (χ0v) is 51.4. The van der Waals surface area contributed by atoms with Crippen LogP contribution in [0.1, 0.15) is 33.6 Å². The van der Waals surface area contributed by atoms with E-state index >= 15 is 0 Å². The molecule has 10 rings (SSSR count). The zero-order chi connectivity index (χ0) is 48.9. The molecule has 0 saturated carbocycles. The van der Waals surface area contributed by atoms with Crippen molar-refractivity contribution < 1.29 is 47.3 Å². The van der Waals surface area contributed by atoms with Gasteiger partial charge in [0.15, 0.2) is 11.6 Å². The smallest absolute Gasteiger partial charge is 0.412 e. The van der Waals surface area contributed by atoms with E-state index in [1.807, 2.05) is 21.2 Å². The van der Waals surface area contributed by atoms with Gasteiger partial charge in [0, 0.05) is 85.5 Å². The molecule has 72 heavy (non-hydrogen) atoms. The van der Waals surface area contributed by atoms with Gasteiger partial charge in [-0.05, 0) is 60.0 Å². The normalized spacial score (nSPS) is 13.9. The standard InChI is InChI=1S/2C23H26N6O3S.ClH.I3.HI.H2O/c2*1-13-6-14-8-18(33-22(14)17(7-13)32-3)20-15(11-31-2)16(9-28-5-4-25-19(30)10-28)29-21(20)23(24)26-12-27-29;;1-3-2;;/h2*6-8,12H,4-5,9-11H2,1-3H3,(H,25,30)(H2,24,26,27);1H;;1H;1H2/q;;;-1;;.